The first-order chi connectivity index (χ1) is 14.6. The van der Waals surface area contributed by atoms with Crippen molar-refractivity contribution in [1.82, 2.24) is 9.80 Å². The van der Waals surface area contributed by atoms with E-state index in [0.717, 1.165) is 56.8 Å². The summed E-state index contributed by atoms with van der Waals surface area (Å²) in [6, 6.07) is 14.4. The summed E-state index contributed by atoms with van der Waals surface area (Å²) in [7, 11) is 0. The zero-order valence-electron chi connectivity index (χ0n) is 17.8. The van der Waals surface area contributed by atoms with Crippen molar-refractivity contribution < 1.29 is 9.59 Å². The van der Waals surface area contributed by atoms with Crippen molar-refractivity contribution in [3.05, 3.63) is 64.7 Å². The van der Waals surface area contributed by atoms with Crippen LogP contribution in [-0.2, 0) is 28.9 Å². The van der Waals surface area contributed by atoms with Gasteiger partial charge in [-0.25, -0.2) is 0 Å². The summed E-state index contributed by atoms with van der Waals surface area (Å²) in [5, 5.41) is 3.04. The van der Waals surface area contributed by atoms with Crippen LogP contribution in [0.4, 0.5) is 5.69 Å². The maximum atomic E-state index is 12.6. The third-order valence-corrected chi connectivity index (χ3v) is 6.37. The lowest BCUT2D eigenvalue weighted by atomic mass is 10.1. The van der Waals surface area contributed by atoms with Crippen LogP contribution in [0.25, 0.3) is 0 Å². The number of anilines is 1. The summed E-state index contributed by atoms with van der Waals surface area (Å²) in [5.74, 6) is 0.254. The summed E-state index contributed by atoms with van der Waals surface area (Å²) in [4.78, 5) is 29.2. The molecule has 2 amide bonds. The van der Waals surface area contributed by atoms with Crippen LogP contribution in [0.15, 0.2) is 42.5 Å². The second-order valence-corrected chi connectivity index (χ2v) is 8.46. The minimum absolute atomic E-state index is 0.0611. The Kier molecular flexibility index (Phi) is 6.48. The van der Waals surface area contributed by atoms with Gasteiger partial charge in [-0.1, -0.05) is 30.3 Å². The third-order valence-electron chi connectivity index (χ3n) is 6.37. The highest BCUT2D eigenvalue weighted by molar-refractivity contribution is 5.91. The smallest absolute Gasteiger partial charge is 0.227 e. The van der Waals surface area contributed by atoms with Crippen LogP contribution in [0, 0.1) is 6.92 Å². The number of rotatable bonds is 6. The lowest BCUT2D eigenvalue weighted by molar-refractivity contribution is -0.132. The number of hydrogen-bond donors (Lipinski definition) is 1. The number of fused-ring (bicyclic) bond motifs is 1. The Morgan fingerprint density at radius 2 is 1.73 bits per heavy atom. The summed E-state index contributed by atoms with van der Waals surface area (Å²) in [5.41, 5.74) is 5.97. The second-order valence-electron chi connectivity index (χ2n) is 8.46. The van der Waals surface area contributed by atoms with E-state index < -0.39 is 0 Å². The maximum absolute atomic E-state index is 12.6. The van der Waals surface area contributed by atoms with Gasteiger partial charge in [-0.2, -0.15) is 0 Å². The van der Waals surface area contributed by atoms with E-state index in [4.69, 9.17) is 0 Å². The van der Waals surface area contributed by atoms with Gasteiger partial charge in [0, 0.05) is 44.8 Å². The van der Waals surface area contributed by atoms with Crippen LogP contribution in [-0.4, -0.2) is 54.3 Å². The average molecular weight is 406 g/mol. The monoisotopic (exact) mass is 405 g/mol. The first-order valence-corrected chi connectivity index (χ1v) is 11.0. The van der Waals surface area contributed by atoms with Crippen LogP contribution >= 0.6 is 0 Å². The molecule has 1 heterocycles. The molecule has 0 spiro atoms. The number of hydrogen-bond acceptors (Lipinski definition) is 3. The van der Waals surface area contributed by atoms with E-state index in [-0.39, 0.29) is 11.8 Å². The fourth-order valence-corrected chi connectivity index (χ4v) is 4.44. The summed E-state index contributed by atoms with van der Waals surface area (Å²) >= 11 is 0. The SMILES string of the molecule is Cc1ccccc1CC(=O)N1CCN(CCC(=O)Nc2ccc3c(c2)CCC3)CC1. The number of carbonyl (C=O) groups excluding carboxylic acids is 2. The van der Waals surface area contributed by atoms with Gasteiger partial charge in [0.25, 0.3) is 0 Å². The van der Waals surface area contributed by atoms with E-state index in [1.165, 1.54) is 23.1 Å². The molecule has 0 saturated carbocycles. The molecule has 0 radical (unpaired) electrons. The van der Waals surface area contributed by atoms with E-state index in [0.29, 0.717) is 12.8 Å². The van der Waals surface area contributed by atoms with Crippen molar-refractivity contribution in [2.24, 2.45) is 0 Å². The molecule has 1 aliphatic carbocycles. The van der Waals surface area contributed by atoms with Gasteiger partial charge in [0.1, 0.15) is 0 Å². The number of carbonyl (C=O) groups is 2. The van der Waals surface area contributed by atoms with E-state index in [9.17, 15) is 9.59 Å². The van der Waals surface area contributed by atoms with Crippen molar-refractivity contribution in [1.29, 1.82) is 0 Å². The molecule has 5 heteroatoms. The van der Waals surface area contributed by atoms with Crippen LogP contribution in [0.2, 0.25) is 0 Å². The predicted octanol–water partition coefficient (Wildman–Crippen LogP) is 3.20. The molecule has 0 atom stereocenters. The molecule has 1 saturated heterocycles. The molecule has 4 rings (SSSR count). The molecule has 158 valence electrons. The van der Waals surface area contributed by atoms with Crippen LogP contribution in [0.3, 0.4) is 0 Å². The van der Waals surface area contributed by atoms with Gasteiger partial charge in [-0.15, -0.1) is 0 Å². The van der Waals surface area contributed by atoms with Gasteiger partial charge in [-0.05, 0) is 60.6 Å². The Bertz CT molecular complexity index is 916. The Labute approximate surface area is 179 Å². The van der Waals surface area contributed by atoms with Gasteiger partial charge >= 0.3 is 0 Å². The largest absolute Gasteiger partial charge is 0.340 e. The number of benzene rings is 2. The molecule has 0 bridgehead atoms. The molecule has 0 aromatic heterocycles. The normalized spacial score (nSPS) is 16.4. The van der Waals surface area contributed by atoms with Crippen molar-refractivity contribution in [3.63, 3.8) is 0 Å². The number of nitrogens with one attached hydrogen (secondary N) is 1. The topological polar surface area (TPSA) is 52.7 Å². The Morgan fingerprint density at radius 1 is 0.967 bits per heavy atom. The third kappa shape index (κ3) is 5.08. The van der Waals surface area contributed by atoms with E-state index in [1.54, 1.807) is 0 Å². The standard InChI is InChI=1S/C25H31N3O2/c1-19-5-2-3-6-21(19)18-25(30)28-15-13-27(14-16-28)12-11-24(29)26-23-10-9-20-7-4-8-22(20)17-23/h2-3,5-6,9-10,17H,4,7-8,11-16,18H2,1H3,(H,26,29). The van der Waals surface area contributed by atoms with Crippen molar-refractivity contribution in [3.8, 4) is 0 Å². The highest BCUT2D eigenvalue weighted by Crippen LogP contribution is 2.25. The maximum Gasteiger partial charge on any atom is 0.227 e. The highest BCUT2D eigenvalue weighted by atomic mass is 16.2. The molecule has 30 heavy (non-hydrogen) atoms. The van der Waals surface area contributed by atoms with Crippen molar-refractivity contribution in [2.75, 3.05) is 38.0 Å². The van der Waals surface area contributed by atoms with E-state index in [1.807, 2.05) is 42.2 Å². The van der Waals surface area contributed by atoms with Crippen molar-refractivity contribution >= 4 is 17.5 Å². The van der Waals surface area contributed by atoms with Gasteiger partial charge < -0.3 is 10.2 Å². The lowest BCUT2D eigenvalue weighted by Gasteiger charge is -2.34. The molecule has 1 N–H and O–H groups in total. The first-order valence-electron chi connectivity index (χ1n) is 11.0. The quantitative estimate of drug-likeness (QED) is 0.803. The first kappa shape index (κ1) is 20.6. The molecular weight excluding hydrogens is 374 g/mol. The molecule has 1 aliphatic heterocycles. The van der Waals surface area contributed by atoms with Crippen LogP contribution in [0.1, 0.15) is 35.1 Å². The molecule has 2 aliphatic rings. The van der Waals surface area contributed by atoms with Crippen LogP contribution < -0.4 is 5.32 Å². The van der Waals surface area contributed by atoms with Gasteiger partial charge in [0.05, 0.1) is 6.42 Å². The molecule has 2 aromatic carbocycles. The van der Waals surface area contributed by atoms with Crippen molar-refractivity contribution in [2.45, 2.75) is 39.0 Å². The number of nitrogens with zero attached hydrogens (tertiary/aromatic N) is 2. The van der Waals surface area contributed by atoms with Gasteiger partial charge in [0.2, 0.25) is 11.8 Å². The molecular formula is C25H31N3O2. The number of piperazine rings is 1. The second kappa shape index (κ2) is 9.43. The fourth-order valence-electron chi connectivity index (χ4n) is 4.44. The lowest BCUT2D eigenvalue weighted by Crippen LogP contribution is -2.49. The summed E-state index contributed by atoms with van der Waals surface area (Å²) in [6.45, 7) is 5.90. The van der Waals surface area contributed by atoms with Gasteiger partial charge in [0.15, 0.2) is 0 Å². The predicted molar refractivity (Wildman–Crippen MR) is 120 cm³/mol. The van der Waals surface area contributed by atoms with E-state index >= 15 is 0 Å². The minimum Gasteiger partial charge on any atom is -0.340 e. The molecule has 5 nitrogen and oxygen atoms in total. The zero-order chi connectivity index (χ0) is 20.9. The average Bonchev–Trinajstić information content (AvgIpc) is 3.22. The Balaban J connectivity index is 1.19. The summed E-state index contributed by atoms with van der Waals surface area (Å²) in [6.07, 6.45) is 4.44. The Morgan fingerprint density at radius 3 is 2.53 bits per heavy atom. The van der Waals surface area contributed by atoms with Gasteiger partial charge in [-0.3, -0.25) is 14.5 Å². The minimum atomic E-state index is 0.0611. The molecule has 2 aromatic rings. The Hall–Kier alpha value is -2.66. The van der Waals surface area contributed by atoms with Crippen LogP contribution in [0.5, 0.6) is 0 Å². The number of aryl methyl sites for hydroxylation is 3. The molecule has 0 unspecified atom stereocenters. The number of amides is 2. The summed E-state index contributed by atoms with van der Waals surface area (Å²) < 4.78 is 0. The molecule has 1 fully saturated rings. The zero-order valence-corrected chi connectivity index (χ0v) is 17.8. The fraction of sp³-hybridized carbons (Fsp3) is 0.440. The van der Waals surface area contributed by atoms with E-state index in [2.05, 4.69) is 22.3 Å². The highest BCUT2D eigenvalue weighted by Gasteiger charge is 2.22.